The number of hydrogen-bond donors (Lipinski definition) is 0. The van der Waals surface area contributed by atoms with Crippen molar-refractivity contribution in [2.24, 2.45) is 23.7 Å². The molecule has 1 spiro atoms. The van der Waals surface area contributed by atoms with E-state index >= 15 is 0 Å². The van der Waals surface area contributed by atoms with Crippen LogP contribution in [0.3, 0.4) is 0 Å². The fourth-order valence-electron chi connectivity index (χ4n) is 4.48. The van der Waals surface area contributed by atoms with E-state index in [9.17, 15) is 14.4 Å². The highest BCUT2D eigenvalue weighted by molar-refractivity contribution is 5.70. The first kappa shape index (κ1) is 23.6. The highest BCUT2D eigenvalue weighted by Gasteiger charge is 2.70. The Bertz CT molecular complexity index is 723. The van der Waals surface area contributed by atoms with E-state index < -0.39 is 24.0 Å². The summed E-state index contributed by atoms with van der Waals surface area (Å²) in [6, 6.07) is 0. The van der Waals surface area contributed by atoms with Crippen LogP contribution in [0.4, 0.5) is 0 Å². The Morgan fingerprint density at radius 1 is 1.16 bits per heavy atom. The molecule has 0 amide bonds. The molecule has 0 aromatic heterocycles. The molecule has 174 valence electrons. The van der Waals surface area contributed by atoms with Crippen molar-refractivity contribution in [1.82, 2.24) is 0 Å². The van der Waals surface area contributed by atoms with Gasteiger partial charge in [0.1, 0.15) is 18.3 Å². The Labute approximate surface area is 183 Å². The van der Waals surface area contributed by atoms with Crippen molar-refractivity contribution in [3.8, 4) is 0 Å². The largest absolute Gasteiger partial charge is 0.462 e. The van der Waals surface area contributed by atoms with Gasteiger partial charge in [-0.25, -0.2) is 0 Å². The molecule has 31 heavy (non-hydrogen) atoms. The lowest BCUT2D eigenvalue weighted by atomic mass is 9.83. The second-order valence-corrected chi connectivity index (χ2v) is 9.37. The number of carbonyl (C=O) groups is 3. The number of hydrogen-bond acceptors (Lipinski definition) is 8. The van der Waals surface area contributed by atoms with Crippen LogP contribution in [0.2, 0.25) is 0 Å². The minimum atomic E-state index is -0.834. The van der Waals surface area contributed by atoms with Crippen molar-refractivity contribution < 1.29 is 38.1 Å². The summed E-state index contributed by atoms with van der Waals surface area (Å²) in [6.45, 7) is 9.77. The van der Waals surface area contributed by atoms with Gasteiger partial charge in [-0.2, -0.15) is 0 Å². The van der Waals surface area contributed by atoms with E-state index in [0.29, 0.717) is 25.9 Å². The molecular formula is C23H34O8. The van der Waals surface area contributed by atoms with Gasteiger partial charge in [0, 0.05) is 31.3 Å². The molecule has 2 heterocycles. The molecule has 0 radical (unpaired) electrons. The number of esters is 3. The molecule has 0 aromatic rings. The number of ether oxygens (including phenoxy) is 5. The first-order valence-corrected chi connectivity index (χ1v) is 11.2. The van der Waals surface area contributed by atoms with E-state index in [1.54, 1.807) is 0 Å². The predicted octanol–water partition coefficient (Wildman–Crippen LogP) is 3.13. The first-order chi connectivity index (χ1) is 14.7. The van der Waals surface area contributed by atoms with Gasteiger partial charge in [-0.15, -0.1) is 0 Å². The zero-order valence-corrected chi connectivity index (χ0v) is 19.1. The average Bonchev–Trinajstić information content (AvgIpc) is 3.40. The van der Waals surface area contributed by atoms with Gasteiger partial charge < -0.3 is 23.7 Å². The van der Waals surface area contributed by atoms with Crippen molar-refractivity contribution in [1.29, 1.82) is 0 Å². The standard InChI is InChI=1S/C23H34O8/c1-6-14(4)8-20(26)31-22-21-17(9-18(30-15(5)24)23(21)12-29-23)16(11-28-22)10-27-19(25)7-13(2)3/h11,13-14,17-18,21-22H,6-10,12H2,1-5H3. The lowest BCUT2D eigenvalue weighted by molar-refractivity contribution is -0.192. The Balaban J connectivity index is 1.76. The first-order valence-electron chi connectivity index (χ1n) is 11.2. The minimum Gasteiger partial charge on any atom is -0.462 e. The topological polar surface area (TPSA) is 101 Å². The van der Waals surface area contributed by atoms with Gasteiger partial charge >= 0.3 is 17.9 Å². The minimum absolute atomic E-state index is 0.0864. The Morgan fingerprint density at radius 3 is 2.45 bits per heavy atom. The van der Waals surface area contributed by atoms with Crippen molar-refractivity contribution >= 4 is 17.9 Å². The summed E-state index contributed by atoms with van der Waals surface area (Å²) < 4.78 is 28.3. The maximum Gasteiger partial charge on any atom is 0.309 e. The van der Waals surface area contributed by atoms with Crippen LogP contribution in [0.1, 0.15) is 60.3 Å². The summed E-state index contributed by atoms with van der Waals surface area (Å²) in [5.41, 5.74) is 0.0416. The van der Waals surface area contributed by atoms with Crippen LogP contribution in [0.5, 0.6) is 0 Å². The third-order valence-corrected chi connectivity index (χ3v) is 6.35. The Hall–Kier alpha value is -2.09. The SMILES string of the molecule is CCC(C)CC(=O)OC1OC=C(COC(=O)CC(C)C)C2CC(OC(C)=O)C3(CO3)C12. The summed E-state index contributed by atoms with van der Waals surface area (Å²) in [7, 11) is 0. The van der Waals surface area contributed by atoms with Gasteiger partial charge in [0.25, 0.3) is 0 Å². The fourth-order valence-corrected chi connectivity index (χ4v) is 4.48. The second kappa shape index (κ2) is 9.59. The summed E-state index contributed by atoms with van der Waals surface area (Å²) >= 11 is 0. The van der Waals surface area contributed by atoms with Crippen molar-refractivity contribution in [2.45, 2.75) is 78.3 Å². The molecule has 1 saturated heterocycles. The van der Waals surface area contributed by atoms with E-state index in [2.05, 4.69) is 0 Å². The van der Waals surface area contributed by atoms with E-state index in [4.69, 9.17) is 23.7 Å². The number of rotatable bonds is 9. The van der Waals surface area contributed by atoms with Gasteiger partial charge in [-0.1, -0.05) is 34.1 Å². The number of epoxide rings is 1. The quantitative estimate of drug-likeness (QED) is 0.307. The summed E-state index contributed by atoms with van der Waals surface area (Å²) in [6.07, 6.45) is 2.24. The summed E-state index contributed by atoms with van der Waals surface area (Å²) in [5.74, 6) is -1.06. The van der Waals surface area contributed by atoms with Crippen LogP contribution in [0.25, 0.3) is 0 Å². The fraction of sp³-hybridized carbons (Fsp3) is 0.783. The molecule has 1 aliphatic carbocycles. The average molecular weight is 439 g/mol. The summed E-state index contributed by atoms with van der Waals surface area (Å²) in [4.78, 5) is 36.1. The highest BCUT2D eigenvalue weighted by atomic mass is 16.7. The molecule has 0 bridgehead atoms. The van der Waals surface area contributed by atoms with Crippen LogP contribution < -0.4 is 0 Å². The Morgan fingerprint density at radius 2 is 1.87 bits per heavy atom. The maximum absolute atomic E-state index is 12.4. The van der Waals surface area contributed by atoms with Crippen molar-refractivity contribution in [3.05, 3.63) is 11.8 Å². The molecule has 3 rings (SSSR count). The van der Waals surface area contributed by atoms with Gasteiger partial charge in [-0.3, -0.25) is 14.4 Å². The molecule has 8 heteroatoms. The van der Waals surface area contributed by atoms with Gasteiger partial charge in [0.05, 0.1) is 18.8 Å². The van der Waals surface area contributed by atoms with Crippen LogP contribution in [0, 0.1) is 23.7 Å². The molecule has 2 fully saturated rings. The summed E-state index contributed by atoms with van der Waals surface area (Å²) in [5, 5.41) is 0. The lowest BCUT2D eigenvalue weighted by Gasteiger charge is -2.35. The van der Waals surface area contributed by atoms with E-state index in [1.807, 2.05) is 27.7 Å². The molecule has 0 aromatic carbocycles. The van der Waals surface area contributed by atoms with Gasteiger partial charge in [0.15, 0.2) is 0 Å². The van der Waals surface area contributed by atoms with Gasteiger partial charge in [0.2, 0.25) is 6.29 Å². The van der Waals surface area contributed by atoms with Crippen LogP contribution in [-0.2, 0) is 38.1 Å². The Kier molecular flexibility index (Phi) is 7.29. The van der Waals surface area contributed by atoms with E-state index in [1.165, 1.54) is 13.2 Å². The molecule has 3 aliphatic rings. The number of carbonyl (C=O) groups excluding carboxylic acids is 3. The third kappa shape index (κ3) is 5.40. The van der Waals surface area contributed by atoms with Crippen molar-refractivity contribution in [2.75, 3.05) is 13.2 Å². The molecular weight excluding hydrogens is 404 g/mol. The monoisotopic (exact) mass is 438 g/mol. The molecule has 6 atom stereocenters. The van der Waals surface area contributed by atoms with Crippen molar-refractivity contribution in [3.63, 3.8) is 0 Å². The molecule has 1 saturated carbocycles. The molecule has 2 aliphatic heterocycles. The molecule has 6 unspecified atom stereocenters. The maximum atomic E-state index is 12.4. The molecule has 8 nitrogen and oxygen atoms in total. The normalized spacial score (nSPS) is 32.0. The zero-order valence-electron chi connectivity index (χ0n) is 19.1. The highest BCUT2D eigenvalue weighted by Crippen LogP contribution is 2.57. The lowest BCUT2D eigenvalue weighted by Crippen LogP contribution is -2.45. The van der Waals surface area contributed by atoms with E-state index in [0.717, 1.165) is 12.0 Å². The number of fused-ring (bicyclic) bond motifs is 2. The predicted molar refractivity (Wildman–Crippen MR) is 109 cm³/mol. The van der Waals surface area contributed by atoms with Crippen LogP contribution in [-0.4, -0.2) is 49.1 Å². The zero-order chi connectivity index (χ0) is 22.8. The smallest absolute Gasteiger partial charge is 0.309 e. The van der Waals surface area contributed by atoms with Crippen LogP contribution in [0.15, 0.2) is 11.8 Å². The van der Waals surface area contributed by atoms with Crippen LogP contribution >= 0.6 is 0 Å². The molecule has 0 N–H and O–H groups in total. The third-order valence-electron chi connectivity index (χ3n) is 6.35. The van der Waals surface area contributed by atoms with E-state index in [-0.39, 0.29) is 42.2 Å². The van der Waals surface area contributed by atoms with Gasteiger partial charge in [-0.05, 0) is 18.3 Å². The second-order valence-electron chi connectivity index (χ2n) is 9.37.